The Balaban J connectivity index is 0. The summed E-state index contributed by atoms with van der Waals surface area (Å²) in [4.78, 5) is 10.6. The molecule has 0 aliphatic carbocycles. The fraction of sp³-hybridized carbons (Fsp3) is 0.889. The van der Waals surface area contributed by atoms with Gasteiger partial charge in [0.15, 0.2) is 0 Å². The number of aliphatic carboxylic acids is 1. The quantitative estimate of drug-likeness (QED) is 0.758. The summed E-state index contributed by atoms with van der Waals surface area (Å²) in [6.45, 7) is 4.12. The molecule has 71 valence electrons. The van der Waals surface area contributed by atoms with E-state index in [2.05, 4.69) is 6.92 Å². The first-order valence-corrected chi connectivity index (χ1v) is 4.45. The first-order chi connectivity index (χ1) is 5.22. The summed E-state index contributed by atoms with van der Waals surface area (Å²) >= 11 is 0. The van der Waals surface area contributed by atoms with Crippen LogP contribution in [0.4, 0.5) is 0 Å². The zero-order chi connectivity index (χ0) is 8.69. The predicted octanol–water partition coefficient (Wildman–Crippen LogP) is 2.30. The minimum atomic E-state index is -0.625. The Labute approximate surface area is 92.2 Å². The average molecular weight is 280 g/mol. The minimum absolute atomic E-state index is 0. The van der Waals surface area contributed by atoms with E-state index in [1.807, 2.05) is 6.92 Å². The number of unbranched alkanes of at least 4 members (excludes halogenated alkanes) is 1. The fourth-order valence-electron chi connectivity index (χ4n) is 1.19. The van der Waals surface area contributed by atoms with Gasteiger partial charge in [-0.05, 0) is 12.8 Å². The maximum absolute atomic E-state index is 10.6. The second kappa shape index (κ2) is 9.38. The van der Waals surface area contributed by atoms with Gasteiger partial charge in [-0.2, -0.15) is 0 Å². The van der Waals surface area contributed by atoms with Gasteiger partial charge in [-0.15, -0.1) is 0 Å². The fourth-order valence-corrected chi connectivity index (χ4v) is 1.19. The van der Waals surface area contributed by atoms with Crippen molar-refractivity contribution in [3.63, 3.8) is 0 Å². The average Bonchev–Trinajstić information content (AvgIpc) is 1.97. The molecular weight excluding hydrogens is 262 g/mol. The molecular formula is C9H18O2Sb. The second-order valence-electron chi connectivity index (χ2n) is 2.97. The van der Waals surface area contributed by atoms with Crippen molar-refractivity contribution in [3.8, 4) is 0 Å². The summed E-state index contributed by atoms with van der Waals surface area (Å²) in [5.74, 6) is -0.722. The third kappa shape index (κ3) is 6.97. The van der Waals surface area contributed by atoms with E-state index < -0.39 is 5.97 Å². The molecule has 1 atom stereocenters. The third-order valence-corrected chi connectivity index (χ3v) is 1.89. The number of hydrogen-bond acceptors (Lipinski definition) is 1. The van der Waals surface area contributed by atoms with Crippen molar-refractivity contribution in [3.05, 3.63) is 0 Å². The number of carboxylic acid groups (broad SMARTS) is 1. The number of rotatable bonds is 6. The Hall–Kier alpha value is 0.288. The molecule has 1 unspecified atom stereocenters. The summed E-state index contributed by atoms with van der Waals surface area (Å²) in [5.41, 5.74) is 0. The van der Waals surface area contributed by atoms with E-state index in [9.17, 15) is 4.79 Å². The minimum Gasteiger partial charge on any atom is -0.481 e. The van der Waals surface area contributed by atoms with Gasteiger partial charge in [0.05, 0.1) is 5.92 Å². The molecule has 0 saturated carbocycles. The maximum Gasteiger partial charge on any atom is 0.306 e. The monoisotopic (exact) mass is 279 g/mol. The van der Waals surface area contributed by atoms with E-state index in [0.717, 1.165) is 32.1 Å². The van der Waals surface area contributed by atoms with Gasteiger partial charge in [-0.3, -0.25) is 4.79 Å². The van der Waals surface area contributed by atoms with Crippen LogP contribution in [0.5, 0.6) is 0 Å². The van der Waals surface area contributed by atoms with E-state index >= 15 is 0 Å². The van der Waals surface area contributed by atoms with Crippen LogP contribution in [0.1, 0.15) is 46.0 Å². The normalized spacial score (nSPS) is 11.8. The van der Waals surface area contributed by atoms with Gasteiger partial charge in [0, 0.05) is 24.4 Å². The molecule has 0 rings (SSSR count). The first-order valence-electron chi connectivity index (χ1n) is 4.45. The zero-order valence-electron chi connectivity index (χ0n) is 7.92. The van der Waals surface area contributed by atoms with Crippen molar-refractivity contribution in [2.45, 2.75) is 46.0 Å². The van der Waals surface area contributed by atoms with Crippen LogP contribution in [0, 0.1) is 5.92 Å². The number of hydrogen-bond donors (Lipinski definition) is 1. The Morgan fingerprint density at radius 1 is 1.25 bits per heavy atom. The molecule has 0 aliphatic heterocycles. The van der Waals surface area contributed by atoms with Crippen LogP contribution in [-0.2, 0) is 4.79 Å². The molecule has 3 radical (unpaired) electrons. The molecule has 0 fully saturated rings. The summed E-state index contributed by atoms with van der Waals surface area (Å²) in [6.07, 6.45) is 4.78. The molecule has 3 heteroatoms. The van der Waals surface area contributed by atoms with Gasteiger partial charge >= 0.3 is 5.97 Å². The summed E-state index contributed by atoms with van der Waals surface area (Å²) in [7, 11) is 0. The van der Waals surface area contributed by atoms with Crippen molar-refractivity contribution in [2.75, 3.05) is 0 Å². The molecule has 0 bridgehead atoms. The van der Waals surface area contributed by atoms with Crippen molar-refractivity contribution < 1.29 is 9.90 Å². The van der Waals surface area contributed by atoms with Crippen molar-refractivity contribution >= 4 is 30.4 Å². The van der Waals surface area contributed by atoms with Gasteiger partial charge in [0.2, 0.25) is 0 Å². The van der Waals surface area contributed by atoms with Gasteiger partial charge in [-0.25, -0.2) is 0 Å². The van der Waals surface area contributed by atoms with Crippen LogP contribution in [0.2, 0.25) is 0 Å². The largest absolute Gasteiger partial charge is 0.481 e. The predicted molar refractivity (Wildman–Crippen MR) is 51.3 cm³/mol. The Morgan fingerprint density at radius 2 is 1.83 bits per heavy atom. The van der Waals surface area contributed by atoms with Gasteiger partial charge in [0.25, 0.3) is 0 Å². The summed E-state index contributed by atoms with van der Waals surface area (Å²) in [6, 6.07) is 0. The molecule has 0 amide bonds. The second-order valence-corrected chi connectivity index (χ2v) is 2.97. The van der Waals surface area contributed by atoms with Crippen molar-refractivity contribution in [2.24, 2.45) is 5.92 Å². The van der Waals surface area contributed by atoms with Gasteiger partial charge in [0.1, 0.15) is 0 Å². The Morgan fingerprint density at radius 3 is 2.17 bits per heavy atom. The molecule has 0 aliphatic rings. The molecule has 2 nitrogen and oxygen atoms in total. The third-order valence-electron chi connectivity index (χ3n) is 1.89. The molecule has 0 spiro atoms. The molecule has 0 heterocycles. The van der Waals surface area contributed by atoms with Crippen LogP contribution in [0.15, 0.2) is 0 Å². The van der Waals surface area contributed by atoms with Crippen molar-refractivity contribution in [1.82, 2.24) is 0 Å². The van der Waals surface area contributed by atoms with E-state index in [1.165, 1.54) is 0 Å². The van der Waals surface area contributed by atoms with E-state index in [4.69, 9.17) is 5.11 Å². The van der Waals surface area contributed by atoms with E-state index in [1.54, 1.807) is 0 Å². The van der Waals surface area contributed by atoms with Crippen LogP contribution < -0.4 is 0 Å². The molecule has 0 aromatic rings. The topological polar surface area (TPSA) is 37.3 Å². The maximum atomic E-state index is 10.6. The van der Waals surface area contributed by atoms with Crippen LogP contribution in [0.3, 0.4) is 0 Å². The molecule has 12 heavy (non-hydrogen) atoms. The Kier molecular flexibility index (Phi) is 11.6. The van der Waals surface area contributed by atoms with Crippen molar-refractivity contribution in [1.29, 1.82) is 0 Å². The molecule has 0 aromatic heterocycles. The van der Waals surface area contributed by atoms with Gasteiger partial charge < -0.3 is 5.11 Å². The number of carbonyl (C=O) groups is 1. The number of carboxylic acids is 1. The zero-order valence-corrected chi connectivity index (χ0v) is 10.5. The van der Waals surface area contributed by atoms with Crippen LogP contribution in [-0.4, -0.2) is 35.5 Å². The SMILES string of the molecule is CCCCC(CCC)C(=O)O.[Sb]. The van der Waals surface area contributed by atoms with Crippen LogP contribution >= 0.6 is 0 Å². The summed E-state index contributed by atoms with van der Waals surface area (Å²) in [5, 5.41) is 8.73. The summed E-state index contributed by atoms with van der Waals surface area (Å²) < 4.78 is 0. The van der Waals surface area contributed by atoms with Gasteiger partial charge in [-0.1, -0.05) is 33.1 Å². The smallest absolute Gasteiger partial charge is 0.306 e. The standard InChI is InChI=1S/C9H18O2.Sb/c1-3-5-7-8(6-4-2)9(10)11;/h8H,3-7H2,1-2H3,(H,10,11);. The van der Waals surface area contributed by atoms with Crippen LogP contribution in [0.25, 0.3) is 0 Å². The molecule has 1 N–H and O–H groups in total. The van der Waals surface area contributed by atoms with E-state index in [0.29, 0.717) is 0 Å². The first kappa shape index (κ1) is 14.8. The molecule has 0 saturated heterocycles. The van der Waals surface area contributed by atoms with E-state index in [-0.39, 0.29) is 30.3 Å². The Bertz CT molecular complexity index is 115. The molecule has 0 aromatic carbocycles.